The van der Waals surface area contributed by atoms with Crippen LogP contribution in [0.1, 0.15) is 19.5 Å². The van der Waals surface area contributed by atoms with E-state index in [1.54, 1.807) is 18.6 Å². The van der Waals surface area contributed by atoms with Crippen LogP contribution in [0.2, 0.25) is 0 Å². The Labute approximate surface area is 118 Å². The highest BCUT2D eigenvalue weighted by Gasteiger charge is 2.12. The standard InChI is InChI=1S/C12H13IN4O/c1-7(2)5-8-10(13)12(18)17-11(16-8)9-6-14-3-4-15-9/h3-4,6-7H,5H2,1-2H3,(H,16,17,18). The molecule has 6 heteroatoms. The highest BCUT2D eigenvalue weighted by atomic mass is 127. The summed E-state index contributed by atoms with van der Waals surface area (Å²) in [4.78, 5) is 27.2. The second-order valence-corrected chi connectivity index (χ2v) is 5.44. The first-order valence-electron chi connectivity index (χ1n) is 5.63. The van der Waals surface area contributed by atoms with Crippen LogP contribution in [-0.2, 0) is 6.42 Å². The fourth-order valence-electron chi connectivity index (χ4n) is 1.57. The van der Waals surface area contributed by atoms with E-state index >= 15 is 0 Å². The van der Waals surface area contributed by atoms with Crippen molar-refractivity contribution in [1.29, 1.82) is 0 Å². The van der Waals surface area contributed by atoms with Crippen molar-refractivity contribution >= 4 is 22.6 Å². The number of aromatic amines is 1. The summed E-state index contributed by atoms with van der Waals surface area (Å²) in [6.07, 6.45) is 5.53. The third-order valence-electron chi connectivity index (χ3n) is 2.34. The molecule has 0 radical (unpaired) electrons. The highest BCUT2D eigenvalue weighted by Crippen LogP contribution is 2.14. The summed E-state index contributed by atoms with van der Waals surface area (Å²) in [5.74, 6) is 0.923. The van der Waals surface area contributed by atoms with Gasteiger partial charge in [-0.2, -0.15) is 0 Å². The van der Waals surface area contributed by atoms with Gasteiger partial charge in [0.25, 0.3) is 5.56 Å². The normalized spacial score (nSPS) is 10.9. The van der Waals surface area contributed by atoms with Gasteiger partial charge in [-0.25, -0.2) is 9.97 Å². The maximum Gasteiger partial charge on any atom is 0.264 e. The topological polar surface area (TPSA) is 71.5 Å². The third kappa shape index (κ3) is 2.92. The van der Waals surface area contributed by atoms with Gasteiger partial charge in [-0.3, -0.25) is 9.78 Å². The van der Waals surface area contributed by atoms with Crippen molar-refractivity contribution in [2.75, 3.05) is 0 Å². The lowest BCUT2D eigenvalue weighted by Gasteiger charge is -2.08. The lowest BCUT2D eigenvalue weighted by molar-refractivity contribution is 0.631. The Hall–Kier alpha value is -1.31. The molecule has 0 unspecified atom stereocenters. The van der Waals surface area contributed by atoms with Crippen LogP contribution in [0.15, 0.2) is 23.4 Å². The summed E-state index contributed by atoms with van der Waals surface area (Å²) >= 11 is 2.03. The SMILES string of the molecule is CC(C)Cc1nc(-c2cnccn2)[nH]c(=O)c1I. The summed E-state index contributed by atoms with van der Waals surface area (Å²) in [6.45, 7) is 4.20. The van der Waals surface area contributed by atoms with Gasteiger partial charge in [0.15, 0.2) is 5.82 Å². The Balaban J connectivity index is 2.51. The molecule has 0 bridgehead atoms. The van der Waals surface area contributed by atoms with Crippen LogP contribution >= 0.6 is 22.6 Å². The third-order valence-corrected chi connectivity index (χ3v) is 3.45. The van der Waals surface area contributed by atoms with Crippen molar-refractivity contribution in [1.82, 2.24) is 19.9 Å². The first kappa shape index (κ1) is 13.1. The van der Waals surface area contributed by atoms with Crippen molar-refractivity contribution in [2.24, 2.45) is 5.92 Å². The van der Waals surface area contributed by atoms with Gasteiger partial charge >= 0.3 is 0 Å². The number of halogens is 1. The van der Waals surface area contributed by atoms with Crippen LogP contribution in [0.5, 0.6) is 0 Å². The quantitative estimate of drug-likeness (QED) is 0.855. The lowest BCUT2D eigenvalue weighted by Crippen LogP contribution is -2.17. The molecule has 2 heterocycles. The minimum Gasteiger partial charge on any atom is -0.304 e. The zero-order valence-corrected chi connectivity index (χ0v) is 12.3. The number of H-pyrrole nitrogens is 1. The molecule has 0 fully saturated rings. The van der Waals surface area contributed by atoms with Crippen molar-refractivity contribution in [3.8, 4) is 11.5 Å². The van der Waals surface area contributed by atoms with Crippen molar-refractivity contribution < 1.29 is 0 Å². The van der Waals surface area contributed by atoms with E-state index in [2.05, 4.69) is 33.8 Å². The van der Waals surface area contributed by atoms with Gasteiger partial charge in [-0.15, -0.1) is 0 Å². The summed E-state index contributed by atoms with van der Waals surface area (Å²) in [5.41, 5.74) is 1.27. The number of nitrogens with one attached hydrogen (secondary N) is 1. The molecular weight excluding hydrogens is 343 g/mol. The minimum absolute atomic E-state index is 0.123. The van der Waals surface area contributed by atoms with E-state index in [0.717, 1.165) is 12.1 Å². The maximum absolute atomic E-state index is 11.9. The molecule has 94 valence electrons. The van der Waals surface area contributed by atoms with E-state index in [4.69, 9.17) is 0 Å². The molecule has 18 heavy (non-hydrogen) atoms. The Bertz CT molecular complexity index is 595. The molecular formula is C12H13IN4O. The Morgan fingerprint density at radius 3 is 2.78 bits per heavy atom. The first-order chi connectivity index (χ1) is 8.58. The molecule has 0 saturated carbocycles. The monoisotopic (exact) mass is 356 g/mol. The zero-order valence-electron chi connectivity index (χ0n) is 10.1. The molecule has 0 aliphatic rings. The summed E-state index contributed by atoms with van der Waals surface area (Å²) in [5, 5.41) is 0. The zero-order chi connectivity index (χ0) is 13.1. The Morgan fingerprint density at radius 2 is 2.17 bits per heavy atom. The lowest BCUT2D eigenvalue weighted by atomic mass is 10.1. The van der Waals surface area contributed by atoms with E-state index in [0.29, 0.717) is 21.0 Å². The van der Waals surface area contributed by atoms with Crippen molar-refractivity contribution in [3.63, 3.8) is 0 Å². The van der Waals surface area contributed by atoms with Gasteiger partial charge in [-0.05, 0) is 34.9 Å². The van der Waals surface area contributed by atoms with E-state index in [1.165, 1.54) is 0 Å². The van der Waals surface area contributed by atoms with E-state index in [-0.39, 0.29) is 5.56 Å². The number of hydrogen-bond donors (Lipinski definition) is 1. The molecule has 2 rings (SSSR count). The second-order valence-electron chi connectivity index (χ2n) is 4.36. The Kier molecular flexibility index (Phi) is 4.05. The van der Waals surface area contributed by atoms with Crippen LogP contribution in [0.3, 0.4) is 0 Å². The van der Waals surface area contributed by atoms with Crippen LogP contribution in [-0.4, -0.2) is 19.9 Å². The molecule has 2 aromatic rings. The average Bonchev–Trinajstić information content (AvgIpc) is 2.35. The first-order valence-corrected chi connectivity index (χ1v) is 6.71. The smallest absolute Gasteiger partial charge is 0.264 e. The van der Waals surface area contributed by atoms with Gasteiger partial charge in [-0.1, -0.05) is 13.8 Å². The average molecular weight is 356 g/mol. The Morgan fingerprint density at radius 1 is 1.39 bits per heavy atom. The second kappa shape index (κ2) is 5.55. The summed E-state index contributed by atoms with van der Waals surface area (Å²) < 4.78 is 0.647. The van der Waals surface area contributed by atoms with Gasteiger partial charge in [0.2, 0.25) is 0 Å². The number of nitrogens with zero attached hydrogens (tertiary/aromatic N) is 3. The molecule has 0 amide bonds. The number of rotatable bonds is 3. The maximum atomic E-state index is 11.9. The molecule has 1 N–H and O–H groups in total. The predicted molar refractivity (Wildman–Crippen MR) is 77.1 cm³/mol. The molecule has 0 aliphatic carbocycles. The van der Waals surface area contributed by atoms with Crippen molar-refractivity contribution in [3.05, 3.63) is 38.2 Å². The summed E-state index contributed by atoms with van der Waals surface area (Å²) in [7, 11) is 0. The van der Waals surface area contributed by atoms with Gasteiger partial charge in [0.05, 0.1) is 15.5 Å². The largest absolute Gasteiger partial charge is 0.304 e. The van der Waals surface area contributed by atoms with Gasteiger partial charge < -0.3 is 4.98 Å². The molecule has 0 saturated heterocycles. The fraction of sp³-hybridized carbons (Fsp3) is 0.333. The van der Waals surface area contributed by atoms with Crippen LogP contribution in [0, 0.1) is 9.49 Å². The van der Waals surface area contributed by atoms with Gasteiger partial charge in [0.1, 0.15) is 5.69 Å². The number of hydrogen-bond acceptors (Lipinski definition) is 4. The van der Waals surface area contributed by atoms with E-state index < -0.39 is 0 Å². The molecule has 5 nitrogen and oxygen atoms in total. The van der Waals surface area contributed by atoms with E-state index in [1.807, 2.05) is 22.6 Å². The summed E-state index contributed by atoms with van der Waals surface area (Å²) in [6, 6.07) is 0. The van der Waals surface area contributed by atoms with Crippen LogP contribution < -0.4 is 5.56 Å². The molecule has 0 aromatic carbocycles. The van der Waals surface area contributed by atoms with Crippen molar-refractivity contribution in [2.45, 2.75) is 20.3 Å². The number of aromatic nitrogens is 4. The minimum atomic E-state index is -0.123. The van der Waals surface area contributed by atoms with Crippen LogP contribution in [0.4, 0.5) is 0 Å². The molecule has 0 aliphatic heterocycles. The predicted octanol–water partition coefficient (Wildman–Crippen LogP) is 2.03. The molecule has 0 spiro atoms. The fourth-order valence-corrected chi connectivity index (χ4v) is 2.05. The highest BCUT2D eigenvalue weighted by molar-refractivity contribution is 14.1. The molecule has 2 aromatic heterocycles. The van der Waals surface area contributed by atoms with Crippen LogP contribution in [0.25, 0.3) is 11.5 Å². The van der Waals surface area contributed by atoms with E-state index in [9.17, 15) is 4.79 Å². The molecule has 0 atom stereocenters. The van der Waals surface area contributed by atoms with Gasteiger partial charge in [0, 0.05) is 12.4 Å².